The normalized spacial score (nSPS) is 18.6. The minimum absolute atomic E-state index is 0.640. The highest BCUT2D eigenvalue weighted by atomic mass is 16.5. The standard InChI is InChI=1S/C18H22N4O2/c1-2-4-15(5-3-1)13-21-6-11-24-18-16(14-21)19-12-17(20-18)22-7-9-23-10-8-22/h1-5,12H,6-11,13-14H2. The van der Waals surface area contributed by atoms with E-state index in [1.165, 1.54) is 5.56 Å². The number of rotatable bonds is 3. The lowest BCUT2D eigenvalue weighted by molar-refractivity contribution is 0.122. The van der Waals surface area contributed by atoms with Gasteiger partial charge in [-0.3, -0.25) is 9.88 Å². The minimum atomic E-state index is 0.640. The van der Waals surface area contributed by atoms with Crippen LogP contribution >= 0.6 is 0 Å². The monoisotopic (exact) mass is 326 g/mol. The molecule has 0 unspecified atom stereocenters. The first-order valence-corrected chi connectivity index (χ1v) is 8.46. The van der Waals surface area contributed by atoms with Crippen molar-refractivity contribution in [1.82, 2.24) is 14.9 Å². The topological polar surface area (TPSA) is 50.7 Å². The van der Waals surface area contributed by atoms with Crippen LogP contribution in [0.5, 0.6) is 5.88 Å². The van der Waals surface area contributed by atoms with Crippen molar-refractivity contribution in [2.75, 3.05) is 44.4 Å². The third-order valence-electron chi connectivity index (χ3n) is 4.40. The molecule has 0 atom stereocenters. The van der Waals surface area contributed by atoms with Crippen LogP contribution < -0.4 is 9.64 Å². The van der Waals surface area contributed by atoms with Crippen molar-refractivity contribution in [3.8, 4) is 5.88 Å². The van der Waals surface area contributed by atoms with Gasteiger partial charge in [0, 0.05) is 32.7 Å². The summed E-state index contributed by atoms with van der Waals surface area (Å²) < 4.78 is 11.3. The smallest absolute Gasteiger partial charge is 0.239 e. The Morgan fingerprint density at radius 3 is 2.67 bits per heavy atom. The Balaban J connectivity index is 1.49. The number of benzene rings is 1. The Morgan fingerprint density at radius 2 is 1.83 bits per heavy atom. The minimum Gasteiger partial charge on any atom is -0.475 e. The van der Waals surface area contributed by atoms with Crippen molar-refractivity contribution >= 4 is 5.82 Å². The Labute approximate surface area is 142 Å². The molecule has 1 saturated heterocycles. The second-order valence-electron chi connectivity index (χ2n) is 6.12. The summed E-state index contributed by atoms with van der Waals surface area (Å²) in [6.07, 6.45) is 1.86. The zero-order valence-corrected chi connectivity index (χ0v) is 13.7. The van der Waals surface area contributed by atoms with E-state index in [9.17, 15) is 0 Å². The van der Waals surface area contributed by atoms with Crippen molar-refractivity contribution < 1.29 is 9.47 Å². The molecule has 1 fully saturated rings. The van der Waals surface area contributed by atoms with Gasteiger partial charge in [-0.2, -0.15) is 4.98 Å². The lowest BCUT2D eigenvalue weighted by Crippen LogP contribution is -2.36. The maximum absolute atomic E-state index is 5.87. The number of ether oxygens (including phenoxy) is 2. The van der Waals surface area contributed by atoms with Crippen LogP contribution in [-0.4, -0.2) is 54.3 Å². The van der Waals surface area contributed by atoms with E-state index >= 15 is 0 Å². The van der Waals surface area contributed by atoms with Gasteiger partial charge in [0.1, 0.15) is 12.3 Å². The van der Waals surface area contributed by atoms with Crippen molar-refractivity contribution in [2.24, 2.45) is 0 Å². The van der Waals surface area contributed by atoms with Crippen LogP contribution in [0, 0.1) is 0 Å². The van der Waals surface area contributed by atoms with Gasteiger partial charge in [0.2, 0.25) is 5.88 Å². The molecule has 1 aromatic heterocycles. The highest BCUT2D eigenvalue weighted by Crippen LogP contribution is 2.23. The molecule has 2 aliphatic rings. The van der Waals surface area contributed by atoms with Crippen molar-refractivity contribution in [2.45, 2.75) is 13.1 Å². The second kappa shape index (κ2) is 7.15. The molecule has 1 aromatic carbocycles. The Kier molecular flexibility index (Phi) is 4.57. The predicted octanol–water partition coefficient (Wildman–Crippen LogP) is 1.71. The zero-order valence-electron chi connectivity index (χ0n) is 13.7. The van der Waals surface area contributed by atoms with E-state index in [0.717, 1.165) is 57.4 Å². The van der Waals surface area contributed by atoms with Gasteiger partial charge >= 0.3 is 0 Å². The van der Waals surface area contributed by atoms with Gasteiger partial charge in [0.25, 0.3) is 0 Å². The molecule has 6 heteroatoms. The van der Waals surface area contributed by atoms with E-state index in [-0.39, 0.29) is 0 Å². The predicted molar refractivity (Wildman–Crippen MR) is 91.1 cm³/mol. The lowest BCUT2D eigenvalue weighted by Gasteiger charge is -2.27. The first-order valence-electron chi connectivity index (χ1n) is 8.46. The van der Waals surface area contributed by atoms with Gasteiger partial charge < -0.3 is 14.4 Å². The quantitative estimate of drug-likeness (QED) is 0.856. The molecule has 0 bridgehead atoms. The Hall–Kier alpha value is -2.18. The average Bonchev–Trinajstić information content (AvgIpc) is 2.84. The Morgan fingerprint density at radius 1 is 1.00 bits per heavy atom. The fourth-order valence-electron chi connectivity index (χ4n) is 3.10. The van der Waals surface area contributed by atoms with Crippen LogP contribution in [0.15, 0.2) is 36.5 Å². The van der Waals surface area contributed by atoms with E-state index in [0.29, 0.717) is 12.5 Å². The van der Waals surface area contributed by atoms with Gasteiger partial charge in [0.05, 0.1) is 19.4 Å². The highest BCUT2D eigenvalue weighted by Gasteiger charge is 2.20. The molecule has 24 heavy (non-hydrogen) atoms. The van der Waals surface area contributed by atoms with Crippen LogP contribution in [0.2, 0.25) is 0 Å². The van der Waals surface area contributed by atoms with Gasteiger partial charge in [-0.25, -0.2) is 0 Å². The van der Waals surface area contributed by atoms with Crippen LogP contribution in [-0.2, 0) is 17.8 Å². The van der Waals surface area contributed by atoms with Crippen LogP contribution in [0.25, 0.3) is 0 Å². The molecule has 126 valence electrons. The molecule has 3 heterocycles. The van der Waals surface area contributed by atoms with Crippen LogP contribution in [0.1, 0.15) is 11.3 Å². The number of hydrogen-bond acceptors (Lipinski definition) is 6. The first-order chi connectivity index (χ1) is 11.9. The van der Waals surface area contributed by atoms with Crippen LogP contribution in [0.4, 0.5) is 5.82 Å². The number of fused-ring (bicyclic) bond motifs is 1. The summed E-state index contributed by atoms with van der Waals surface area (Å²) in [6, 6.07) is 10.5. The molecule has 0 radical (unpaired) electrons. The molecule has 4 rings (SSSR count). The maximum Gasteiger partial charge on any atom is 0.239 e. The third-order valence-corrected chi connectivity index (χ3v) is 4.40. The zero-order chi connectivity index (χ0) is 16.2. The number of morpholine rings is 1. The number of hydrogen-bond donors (Lipinski definition) is 0. The summed E-state index contributed by atoms with van der Waals surface area (Å²) in [7, 11) is 0. The van der Waals surface area contributed by atoms with Crippen molar-refractivity contribution in [1.29, 1.82) is 0 Å². The number of aromatic nitrogens is 2. The molecular formula is C18H22N4O2. The molecule has 2 aliphatic heterocycles. The van der Waals surface area contributed by atoms with Crippen LogP contribution in [0.3, 0.4) is 0 Å². The SMILES string of the molecule is c1ccc(CN2CCOc3nc(N4CCOCC4)cnc3C2)cc1. The van der Waals surface area contributed by atoms with E-state index in [4.69, 9.17) is 14.5 Å². The molecule has 0 N–H and O–H groups in total. The summed E-state index contributed by atoms with van der Waals surface area (Å²) in [5, 5.41) is 0. The fourth-order valence-corrected chi connectivity index (χ4v) is 3.10. The largest absolute Gasteiger partial charge is 0.475 e. The number of anilines is 1. The summed E-state index contributed by atoms with van der Waals surface area (Å²) in [6.45, 7) is 6.37. The molecule has 2 aromatic rings. The van der Waals surface area contributed by atoms with Gasteiger partial charge in [-0.15, -0.1) is 0 Å². The molecule has 0 saturated carbocycles. The van der Waals surface area contributed by atoms with E-state index < -0.39 is 0 Å². The summed E-state index contributed by atoms with van der Waals surface area (Å²) in [4.78, 5) is 13.9. The van der Waals surface area contributed by atoms with Gasteiger partial charge in [-0.05, 0) is 5.56 Å². The first kappa shape index (κ1) is 15.4. The summed E-state index contributed by atoms with van der Waals surface area (Å²) in [5.41, 5.74) is 2.22. The van der Waals surface area contributed by atoms with E-state index in [1.807, 2.05) is 12.3 Å². The molecule has 0 aliphatic carbocycles. The maximum atomic E-state index is 5.87. The third kappa shape index (κ3) is 3.49. The van der Waals surface area contributed by atoms with Gasteiger partial charge in [0.15, 0.2) is 5.82 Å². The summed E-state index contributed by atoms with van der Waals surface area (Å²) in [5.74, 6) is 1.56. The fraction of sp³-hybridized carbons (Fsp3) is 0.444. The molecule has 6 nitrogen and oxygen atoms in total. The highest BCUT2D eigenvalue weighted by molar-refractivity contribution is 5.40. The molecule has 0 amide bonds. The van der Waals surface area contributed by atoms with Crippen molar-refractivity contribution in [3.05, 3.63) is 47.8 Å². The lowest BCUT2D eigenvalue weighted by atomic mass is 10.2. The molecule has 0 spiro atoms. The van der Waals surface area contributed by atoms with E-state index in [2.05, 4.69) is 39.0 Å². The Bertz CT molecular complexity index is 674. The van der Waals surface area contributed by atoms with Crippen molar-refractivity contribution in [3.63, 3.8) is 0 Å². The van der Waals surface area contributed by atoms with E-state index in [1.54, 1.807) is 0 Å². The van der Waals surface area contributed by atoms with Gasteiger partial charge in [-0.1, -0.05) is 30.3 Å². The summed E-state index contributed by atoms with van der Waals surface area (Å²) >= 11 is 0. The second-order valence-corrected chi connectivity index (χ2v) is 6.12. The molecular weight excluding hydrogens is 304 g/mol. The number of nitrogens with zero attached hydrogens (tertiary/aromatic N) is 4. The average molecular weight is 326 g/mol.